The quantitative estimate of drug-likeness (QED) is 0.830. The Morgan fingerprint density at radius 1 is 1.29 bits per heavy atom. The van der Waals surface area contributed by atoms with Crippen molar-refractivity contribution in [3.05, 3.63) is 29.8 Å². The predicted octanol–water partition coefficient (Wildman–Crippen LogP) is 3.54. The fraction of sp³-hybridized carbons (Fsp3) is 0.588. The summed E-state index contributed by atoms with van der Waals surface area (Å²) in [5.41, 5.74) is 0.736. The number of benzene rings is 1. The molecule has 0 aromatic heterocycles. The molecule has 7 heteroatoms. The zero-order valence-corrected chi connectivity index (χ0v) is 13.7. The number of nitrogens with one attached hydrogen (secondary N) is 2. The molecule has 1 aliphatic heterocycles. The highest BCUT2D eigenvalue weighted by atomic mass is 19.4. The van der Waals surface area contributed by atoms with Gasteiger partial charge in [-0.1, -0.05) is 12.1 Å². The van der Waals surface area contributed by atoms with E-state index in [1.807, 2.05) is 6.92 Å². The molecule has 0 aliphatic carbocycles. The predicted molar refractivity (Wildman–Crippen MR) is 84.5 cm³/mol. The number of hydrogen-bond donors (Lipinski definition) is 2. The van der Waals surface area contributed by atoms with Gasteiger partial charge in [0.1, 0.15) is 5.75 Å². The first kappa shape index (κ1) is 18.6. The minimum absolute atomic E-state index is 0.0309. The highest BCUT2D eigenvalue weighted by molar-refractivity contribution is 5.76. The first-order chi connectivity index (χ1) is 11.3. The third-order valence-corrected chi connectivity index (χ3v) is 4.23. The molecule has 0 saturated carbocycles. The van der Waals surface area contributed by atoms with Crippen LogP contribution in [0, 0.1) is 5.92 Å². The number of alkyl halides is 3. The smallest absolute Gasteiger partial charge is 0.406 e. The Kier molecular flexibility index (Phi) is 6.48. The second kappa shape index (κ2) is 8.37. The molecule has 4 nitrogen and oxygen atoms in total. The van der Waals surface area contributed by atoms with Gasteiger partial charge in [-0.15, -0.1) is 13.2 Å². The molecular weight excluding hydrogens is 321 g/mol. The zero-order valence-electron chi connectivity index (χ0n) is 13.7. The fourth-order valence-corrected chi connectivity index (χ4v) is 2.86. The second-order valence-electron chi connectivity index (χ2n) is 6.14. The Balaban J connectivity index is 1.78. The summed E-state index contributed by atoms with van der Waals surface area (Å²) in [5.74, 6) is 0.290. The van der Waals surface area contributed by atoms with Crippen LogP contribution < -0.4 is 15.4 Å². The first-order valence-corrected chi connectivity index (χ1v) is 8.19. The van der Waals surface area contributed by atoms with Gasteiger partial charge in [0, 0.05) is 6.42 Å². The van der Waals surface area contributed by atoms with Gasteiger partial charge in [-0.05, 0) is 62.9 Å². The van der Waals surface area contributed by atoms with Gasteiger partial charge in [0.05, 0.1) is 6.04 Å². The lowest BCUT2D eigenvalue weighted by molar-refractivity contribution is -0.274. The van der Waals surface area contributed by atoms with Crippen LogP contribution in [0.5, 0.6) is 5.75 Å². The van der Waals surface area contributed by atoms with Crippen molar-refractivity contribution in [2.45, 2.75) is 45.0 Å². The van der Waals surface area contributed by atoms with Crippen molar-refractivity contribution in [3.63, 3.8) is 0 Å². The number of ether oxygens (including phenoxy) is 1. The van der Waals surface area contributed by atoms with E-state index in [9.17, 15) is 18.0 Å². The Morgan fingerprint density at radius 2 is 1.92 bits per heavy atom. The summed E-state index contributed by atoms with van der Waals surface area (Å²) in [6.07, 6.45) is -1.15. The molecule has 1 atom stereocenters. The molecule has 1 amide bonds. The van der Waals surface area contributed by atoms with Gasteiger partial charge in [-0.2, -0.15) is 0 Å². The lowest BCUT2D eigenvalue weighted by Crippen LogP contribution is -2.30. The maximum Gasteiger partial charge on any atom is 0.573 e. The highest BCUT2D eigenvalue weighted by Crippen LogP contribution is 2.24. The lowest BCUT2D eigenvalue weighted by Gasteiger charge is -2.22. The summed E-state index contributed by atoms with van der Waals surface area (Å²) in [4.78, 5) is 12.0. The van der Waals surface area contributed by atoms with E-state index in [4.69, 9.17) is 0 Å². The number of rotatable bonds is 6. The Labute approximate surface area is 139 Å². The van der Waals surface area contributed by atoms with Crippen LogP contribution in [-0.2, 0) is 4.79 Å². The van der Waals surface area contributed by atoms with Crippen LogP contribution in [0.25, 0.3) is 0 Å². The van der Waals surface area contributed by atoms with E-state index in [1.165, 1.54) is 24.3 Å². The van der Waals surface area contributed by atoms with Gasteiger partial charge in [0.25, 0.3) is 0 Å². The summed E-state index contributed by atoms with van der Waals surface area (Å²) in [5, 5.41) is 6.18. The number of carbonyl (C=O) groups is 1. The third kappa shape index (κ3) is 6.39. The van der Waals surface area contributed by atoms with E-state index in [0.29, 0.717) is 12.3 Å². The van der Waals surface area contributed by atoms with Crippen LogP contribution in [0.3, 0.4) is 0 Å². The van der Waals surface area contributed by atoms with Gasteiger partial charge >= 0.3 is 6.36 Å². The Morgan fingerprint density at radius 3 is 2.50 bits per heavy atom. The van der Waals surface area contributed by atoms with E-state index >= 15 is 0 Å². The SMILES string of the molecule is CC(NC(=O)CCC1CCNCC1)c1ccc(OC(F)(F)F)cc1. The molecule has 1 heterocycles. The van der Waals surface area contributed by atoms with Crippen molar-refractivity contribution in [1.29, 1.82) is 0 Å². The molecule has 1 aromatic rings. The largest absolute Gasteiger partial charge is 0.573 e. The second-order valence-corrected chi connectivity index (χ2v) is 6.14. The van der Waals surface area contributed by atoms with Crippen molar-refractivity contribution in [1.82, 2.24) is 10.6 Å². The molecular formula is C17H23F3N2O2. The maximum absolute atomic E-state index is 12.1. The lowest BCUT2D eigenvalue weighted by atomic mass is 9.93. The molecule has 0 spiro atoms. The number of halogens is 3. The highest BCUT2D eigenvalue weighted by Gasteiger charge is 2.31. The summed E-state index contributed by atoms with van der Waals surface area (Å²) in [6.45, 7) is 3.83. The standard InChI is InChI=1S/C17H23F3N2O2/c1-12(14-3-5-15(6-4-14)24-17(18,19)20)22-16(23)7-2-13-8-10-21-11-9-13/h3-6,12-13,21H,2,7-11H2,1H3,(H,22,23). The van der Waals surface area contributed by atoms with Crippen molar-refractivity contribution >= 4 is 5.91 Å². The number of piperidine rings is 1. The van der Waals surface area contributed by atoms with Crippen LogP contribution in [0.15, 0.2) is 24.3 Å². The molecule has 0 radical (unpaired) electrons. The third-order valence-electron chi connectivity index (χ3n) is 4.23. The van der Waals surface area contributed by atoms with Crippen molar-refractivity contribution < 1.29 is 22.7 Å². The van der Waals surface area contributed by atoms with Crippen LogP contribution in [0.1, 0.15) is 44.2 Å². The van der Waals surface area contributed by atoms with Crippen LogP contribution in [0.2, 0.25) is 0 Å². The minimum atomic E-state index is -4.70. The van der Waals surface area contributed by atoms with Gasteiger partial charge < -0.3 is 15.4 Å². The summed E-state index contributed by atoms with van der Waals surface area (Å²) in [6, 6.07) is 5.30. The maximum atomic E-state index is 12.1. The molecule has 0 bridgehead atoms. The Bertz CT molecular complexity index is 526. The van der Waals surface area contributed by atoms with E-state index in [1.54, 1.807) is 0 Å². The molecule has 1 aromatic carbocycles. The molecule has 2 N–H and O–H groups in total. The van der Waals surface area contributed by atoms with E-state index in [0.717, 1.165) is 37.9 Å². The summed E-state index contributed by atoms with van der Waals surface area (Å²) < 4.78 is 40.2. The summed E-state index contributed by atoms with van der Waals surface area (Å²) in [7, 11) is 0. The molecule has 1 fully saturated rings. The van der Waals surface area contributed by atoms with Gasteiger partial charge in [0.15, 0.2) is 0 Å². The first-order valence-electron chi connectivity index (χ1n) is 8.19. The van der Waals surface area contributed by atoms with Gasteiger partial charge in [-0.3, -0.25) is 4.79 Å². The van der Waals surface area contributed by atoms with Gasteiger partial charge in [0.2, 0.25) is 5.91 Å². The topological polar surface area (TPSA) is 50.4 Å². The van der Waals surface area contributed by atoms with Gasteiger partial charge in [-0.25, -0.2) is 0 Å². The van der Waals surface area contributed by atoms with Crippen molar-refractivity contribution in [2.24, 2.45) is 5.92 Å². The van der Waals surface area contributed by atoms with Crippen molar-refractivity contribution in [3.8, 4) is 5.75 Å². The normalized spacial score (nSPS) is 17.3. The Hall–Kier alpha value is -1.76. The van der Waals surface area contributed by atoms with E-state index in [2.05, 4.69) is 15.4 Å². The van der Waals surface area contributed by atoms with Crippen LogP contribution in [-0.4, -0.2) is 25.4 Å². The number of amides is 1. The minimum Gasteiger partial charge on any atom is -0.406 e. The molecule has 1 unspecified atom stereocenters. The molecule has 134 valence electrons. The van der Waals surface area contributed by atoms with E-state index < -0.39 is 6.36 Å². The summed E-state index contributed by atoms with van der Waals surface area (Å²) >= 11 is 0. The molecule has 24 heavy (non-hydrogen) atoms. The average molecular weight is 344 g/mol. The average Bonchev–Trinajstić information content (AvgIpc) is 2.53. The fourth-order valence-electron chi connectivity index (χ4n) is 2.86. The van der Waals surface area contributed by atoms with Crippen LogP contribution in [0.4, 0.5) is 13.2 Å². The molecule has 1 aliphatic rings. The molecule has 1 saturated heterocycles. The number of carbonyl (C=O) groups excluding carboxylic acids is 1. The van der Waals surface area contributed by atoms with E-state index in [-0.39, 0.29) is 17.7 Å². The monoisotopic (exact) mass is 344 g/mol. The molecule has 2 rings (SSSR count). The van der Waals surface area contributed by atoms with Crippen LogP contribution >= 0.6 is 0 Å². The zero-order chi connectivity index (χ0) is 17.6. The number of hydrogen-bond acceptors (Lipinski definition) is 3. The van der Waals surface area contributed by atoms with Crippen molar-refractivity contribution in [2.75, 3.05) is 13.1 Å².